The van der Waals surface area contributed by atoms with E-state index in [-0.39, 0.29) is 11.7 Å². The number of nitrogens with zero attached hydrogens (tertiary/aromatic N) is 2. The van der Waals surface area contributed by atoms with Gasteiger partial charge in [0.05, 0.1) is 27.1 Å². The lowest BCUT2D eigenvalue weighted by atomic mass is 10.1. The molecule has 0 spiro atoms. The first-order valence-electron chi connectivity index (χ1n) is 6.34. The number of benzene rings is 1. The number of nitrogen functional groups attached to an aromatic ring is 1. The largest absolute Gasteiger partial charge is 0.368 e. The molecule has 0 aliphatic carbocycles. The maximum atomic E-state index is 12.0. The molecule has 0 fully saturated rings. The summed E-state index contributed by atoms with van der Waals surface area (Å²) in [4.78, 5) is 8.54. The molecular formula is C14H13N3O2S2. The van der Waals surface area contributed by atoms with Gasteiger partial charge in [0.2, 0.25) is 5.95 Å². The number of anilines is 1. The summed E-state index contributed by atoms with van der Waals surface area (Å²) in [6.45, 7) is 1.63. The predicted octanol–water partition coefficient (Wildman–Crippen LogP) is 2.73. The normalized spacial score (nSPS) is 11.9. The van der Waals surface area contributed by atoms with Crippen molar-refractivity contribution in [2.75, 3.05) is 11.5 Å². The van der Waals surface area contributed by atoms with Crippen LogP contribution in [0.15, 0.2) is 40.7 Å². The van der Waals surface area contributed by atoms with Crippen molar-refractivity contribution in [1.82, 2.24) is 9.97 Å². The minimum absolute atomic E-state index is 0.0793. The lowest BCUT2D eigenvalue weighted by Gasteiger charge is -2.04. The van der Waals surface area contributed by atoms with Crippen LogP contribution in [0.3, 0.4) is 0 Å². The molecule has 0 saturated carbocycles. The van der Waals surface area contributed by atoms with Crippen molar-refractivity contribution in [2.24, 2.45) is 0 Å². The van der Waals surface area contributed by atoms with Crippen molar-refractivity contribution in [2.45, 2.75) is 11.8 Å². The Labute approximate surface area is 126 Å². The Bertz CT molecular complexity index is 917. The molecule has 0 aliphatic heterocycles. The molecule has 0 amide bonds. The number of fused-ring (bicyclic) bond motifs is 1. The molecule has 21 heavy (non-hydrogen) atoms. The zero-order valence-electron chi connectivity index (χ0n) is 11.3. The number of nitrogens with two attached hydrogens (primary N) is 1. The summed E-state index contributed by atoms with van der Waals surface area (Å²) in [5, 5.41) is 1.94. The molecule has 0 atom stereocenters. The summed E-state index contributed by atoms with van der Waals surface area (Å²) < 4.78 is 24.9. The van der Waals surface area contributed by atoms with E-state index in [1.54, 1.807) is 31.3 Å². The lowest BCUT2D eigenvalue weighted by Crippen LogP contribution is -2.03. The number of aromatic nitrogens is 2. The number of sulfone groups is 1. The van der Waals surface area contributed by atoms with Crippen LogP contribution in [0.2, 0.25) is 0 Å². The van der Waals surface area contributed by atoms with Crippen molar-refractivity contribution in [3.63, 3.8) is 0 Å². The van der Waals surface area contributed by atoms with Crippen LogP contribution in [0.4, 0.5) is 5.95 Å². The van der Waals surface area contributed by atoms with Gasteiger partial charge in [0.1, 0.15) is 0 Å². The van der Waals surface area contributed by atoms with Crippen LogP contribution in [-0.4, -0.2) is 24.1 Å². The SMILES string of the molecule is CCS(=O)(=O)c1cccc(-c2csc3cnc(N)nc23)c1. The van der Waals surface area contributed by atoms with Crippen LogP contribution in [0, 0.1) is 0 Å². The van der Waals surface area contributed by atoms with Gasteiger partial charge in [-0.2, -0.15) is 0 Å². The highest BCUT2D eigenvalue weighted by atomic mass is 32.2. The average Bonchev–Trinajstić information content (AvgIpc) is 2.90. The van der Waals surface area contributed by atoms with E-state index < -0.39 is 9.84 Å². The predicted molar refractivity (Wildman–Crippen MR) is 85.0 cm³/mol. The molecule has 1 aromatic carbocycles. The third-order valence-corrected chi connectivity index (χ3v) is 5.86. The molecule has 7 heteroatoms. The van der Waals surface area contributed by atoms with Crippen LogP contribution >= 0.6 is 11.3 Å². The van der Waals surface area contributed by atoms with E-state index >= 15 is 0 Å². The van der Waals surface area contributed by atoms with Crippen LogP contribution in [0.5, 0.6) is 0 Å². The summed E-state index contributed by atoms with van der Waals surface area (Å²) in [5.74, 6) is 0.287. The fourth-order valence-corrected chi connectivity index (χ4v) is 3.87. The van der Waals surface area contributed by atoms with E-state index in [0.717, 1.165) is 21.3 Å². The Hall–Kier alpha value is -1.99. The number of rotatable bonds is 3. The molecule has 3 rings (SSSR count). The Morgan fingerprint density at radius 1 is 1.33 bits per heavy atom. The number of thiophene rings is 1. The van der Waals surface area contributed by atoms with E-state index in [1.165, 1.54) is 11.3 Å². The molecule has 0 bridgehead atoms. The van der Waals surface area contributed by atoms with E-state index in [2.05, 4.69) is 9.97 Å². The van der Waals surface area contributed by atoms with Crippen LogP contribution in [0.1, 0.15) is 6.92 Å². The summed E-state index contributed by atoms with van der Waals surface area (Å²) in [5.41, 5.74) is 8.07. The lowest BCUT2D eigenvalue weighted by molar-refractivity contribution is 0.597. The van der Waals surface area contributed by atoms with Crippen molar-refractivity contribution in [3.8, 4) is 11.1 Å². The highest BCUT2D eigenvalue weighted by molar-refractivity contribution is 7.91. The second-order valence-electron chi connectivity index (χ2n) is 4.52. The van der Waals surface area contributed by atoms with Gasteiger partial charge >= 0.3 is 0 Å². The van der Waals surface area contributed by atoms with Gasteiger partial charge in [0.25, 0.3) is 0 Å². The van der Waals surface area contributed by atoms with Crippen molar-refractivity contribution < 1.29 is 8.42 Å². The van der Waals surface area contributed by atoms with Gasteiger partial charge in [-0.05, 0) is 17.7 Å². The Kier molecular flexibility index (Phi) is 3.38. The second-order valence-corrected chi connectivity index (χ2v) is 7.71. The maximum Gasteiger partial charge on any atom is 0.220 e. The molecule has 3 aromatic rings. The van der Waals surface area contributed by atoms with Gasteiger partial charge in [-0.1, -0.05) is 19.1 Å². The van der Waals surface area contributed by atoms with Gasteiger partial charge < -0.3 is 5.73 Å². The quantitative estimate of drug-likeness (QED) is 0.802. The average molecular weight is 319 g/mol. The third kappa shape index (κ3) is 2.50. The summed E-state index contributed by atoms with van der Waals surface area (Å²) in [6.07, 6.45) is 1.68. The van der Waals surface area contributed by atoms with Crippen LogP contribution in [0.25, 0.3) is 21.3 Å². The fraction of sp³-hybridized carbons (Fsp3) is 0.143. The smallest absolute Gasteiger partial charge is 0.220 e. The minimum Gasteiger partial charge on any atom is -0.368 e. The van der Waals surface area contributed by atoms with Crippen LogP contribution < -0.4 is 5.73 Å². The van der Waals surface area contributed by atoms with Crippen molar-refractivity contribution in [1.29, 1.82) is 0 Å². The minimum atomic E-state index is -3.23. The second kappa shape index (κ2) is 5.09. The molecule has 0 saturated heterocycles. The molecule has 2 aromatic heterocycles. The molecule has 108 valence electrons. The fourth-order valence-electron chi connectivity index (χ4n) is 2.07. The van der Waals surface area contributed by atoms with E-state index in [0.29, 0.717) is 4.90 Å². The molecular weight excluding hydrogens is 306 g/mol. The van der Waals surface area contributed by atoms with Gasteiger partial charge in [-0.3, -0.25) is 0 Å². The zero-order valence-corrected chi connectivity index (χ0v) is 12.9. The summed E-state index contributed by atoms with van der Waals surface area (Å²) in [7, 11) is -3.23. The summed E-state index contributed by atoms with van der Waals surface area (Å²) >= 11 is 1.51. The van der Waals surface area contributed by atoms with Crippen molar-refractivity contribution >= 4 is 37.3 Å². The van der Waals surface area contributed by atoms with Gasteiger partial charge in [-0.25, -0.2) is 18.4 Å². The van der Waals surface area contributed by atoms with E-state index in [4.69, 9.17) is 5.73 Å². The first-order valence-corrected chi connectivity index (χ1v) is 8.87. The first kappa shape index (κ1) is 14.0. The molecule has 0 aliphatic rings. The highest BCUT2D eigenvalue weighted by Crippen LogP contribution is 2.33. The van der Waals surface area contributed by atoms with Crippen LogP contribution in [-0.2, 0) is 9.84 Å². The third-order valence-electron chi connectivity index (χ3n) is 3.22. The molecule has 0 radical (unpaired) electrons. The summed E-state index contributed by atoms with van der Waals surface area (Å²) in [6, 6.07) is 6.90. The first-order chi connectivity index (χ1) is 10.0. The van der Waals surface area contributed by atoms with E-state index in [9.17, 15) is 8.42 Å². The van der Waals surface area contributed by atoms with E-state index in [1.807, 2.05) is 11.4 Å². The number of hydrogen-bond acceptors (Lipinski definition) is 6. The molecule has 2 heterocycles. The monoisotopic (exact) mass is 319 g/mol. The molecule has 2 N–H and O–H groups in total. The molecule has 5 nitrogen and oxygen atoms in total. The topological polar surface area (TPSA) is 85.9 Å². The Morgan fingerprint density at radius 3 is 2.90 bits per heavy atom. The highest BCUT2D eigenvalue weighted by Gasteiger charge is 2.14. The molecule has 0 unspecified atom stereocenters. The van der Waals surface area contributed by atoms with Gasteiger partial charge in [0.15, 0.2) is 9.84 Å². The van der Waals surface area contributed by atoms with Gasteiger partial charge in [-0.15, -0.1) is 11.3 Å². The standard InChI is InChI=1S/C14H13N3O2S2/c1-2-21(18,19)10-5-3-4-9(6-10)11-8-20-12-7-16-14(15)17-13(11)12/h3-8H,2H2,1H3,(H2,15,16,17). The number of hydrogen-bond donors (Lipinski definition) is 1. The van der Waals surface area contributed by atoms with Gasteiger partial charge in [0, 0.05) is 10.9 Å². The Morgan fingerprint density at radius 2 is 2.14 bits per heavy atom. The zero-order chi connectivity index (χ0) is 15.0. The maximum absolute atomic E-state index is 12.0. The Balaban J connectivity index is 2.20. The van der Waals surface area contributed by atoms with Crippen molar-refractivity contribution in [3.05, 3.63) is 35.8 Å².